The van der Waals surface area contributed by atoms with Crippen molar-refractivity contribution in [3.8, 4) is 0 Å². The van der Waals surface area contributed by atoms with Crippen molar-refractivity contribution < 1.29 is 13.6 Å². The lowest BCUT2D eigenvalue weighted by atomic mass is 10.1. The quantitative estimate of drug-likeness (QED) is 0.700. The van der Waals surface area contributed by atoms with Crippen molar-refractivity contribution in [1.29, 1.82) is 0 Å². The third kappa shape index (κ3) is 3.69. The summed E-state index contributed by atoms with van der Waals surface area (Å²) < 4.78 is 23.1. The Bertz CT molecular complexity index is 447. The third-order valence-electron chi connectivity index (χ3n) is 2.35. The molecule has 0 bridgehead atoms. The van der Waals surface area contributed by atoms with E-state index in [9.17, 15) is 4.57 Å². The second-order valence-corrected chi connectivity index (χ2v) is 6.21. The van der Waals surface area contributed by atoms with E-state index >= 15 is 0 Å². The Morgan fingerprint density at radius 3 is 2.11 bits per heavy atom. The number of halogens is 1. The molecule has 100 valence electrons. The Morgan fingerprint density at radius 2 is 1.67 bits per heavy atom. The summed E-state index contributed by atoms with van der Waals surface area (Å²) in [5.41, 5.74) is 1.62. The SMILES string of the molecule is CCOP(=O)(OCC)/C(Cl)=C(\C)c1ccccc1. The van der Waals surface area contributed by atoms with Gasteiger partial charge in [-0.3, -0.25) is 4.57 Å². The molecule has 0 aliphatic carbocycles. The van der Waals surface area contributed by atoms with E-state index in [1.807, 2.05) is 37.3 Å². The van der Waals surface area contributed by atoms with Gasteiger partial charge in [0.1, 0.15) is 4.77 Å². The normalized spacial score (nSPS) is 13.3. The third-order valence-corrected chi connectivity index (χ3v) is 5.27. The Morgan fingerprint density at radius 1 is 1.17 bits per heavy atom. The molecule has 3 nitrogen and oxygen atoms in total. The maximum atomic E-state index is 12.5. The maximum Gasteiger partial charge on any atom is 0.372 e. The molecule has 0 atom stereocenters. The van der Waals surface area contributed by atoms with Gasteiger partial charge in [0, 0.05) is 0 Å². The van der Waals surface area contributed by atoms with Gasteiger partial charge in [-0.25, -0.2) is 0 Å². The fourth-order valence-corrected chi connectivity index (χ4v) is 3.43. The molecule has 1 aromatic rings. The van der Waals surface area contributed by atoms with Gasteiger partial charge in [0.15, 0.2) is 0 Å². The van der Waals surface area contributed by atoms with Gasteiger partial charge < -0.3 is 9.05 Å². The topological polar surface area (TPSA) is 35.5 Å². The van der Waals surface area contributed by atoms with Crippen LogP contribution in [0.1, 0.15) is 26.3 Å². The van der Waals surface area contributed by atoms with E-state index in [-0.39, 0.29) is 18.0 Å². The average Bonchev–Trinajstić information content (AvgIpc) is 2.38. The Balaban J connectivity index is 3.15. The fourth-order valence-electron chi connectivity index (χ4n) is 1.50. The first-order chi connectivity index (χ1) is 8.55. The van der Waals surface area contributed by atoms with E-state index in [4.69, 9.17) is 20.6 Å². The first-order valence-electron chi connectivity index (χ1n) is 5.86. The molecular weight excluding hydrogens is 271 g/mol. The Hall–Kier alpha value is -0.600. The molecule has 0 saturated heterocycles. The van der Waals surface area contributed by atoms with Crippen LogP contribution in [0.3, 0.4) is 0 Å². The standard InChI is InChI=1S/C13H18ClO3P/c1-4-16-18(15,17-5-2)13(14)11(3)12-9-7-6-8-10-12/h6-10H,4-5H2,1-3H3/b13-11+. The number of hydrogen-bond acceptors (Lipinski definition) is 3. The molecule has 0 aromatic heterocycles. The summed E-state index contributed by atoms with van der Waals surface area (Å²) in [6.07, 6.45) is 0. The van der Waals surface area contributed by atoms with Crippen LogP contribution in [0.25, 0.3) is 5.57 Å². The molecule has 5 heteroatoms. The predicted octanol–water partition coefficient (Wildman–Crippen LogP) is 4.88. The van der Waals surface area contributed by atoms with Crippen molar-refractivity contribution in [1.82, 2.24) is 0 Å². The molecule has 0 aliphatic heterocycles. The van der Waals surface area contributed by atoms with Crippen molar-refractivity contribution in [2.24, 2.45) is 0 Å². The molecule has 1 aromatic carbocycles. The zero-order chi connectivity index (χ0) is 13.6. The predicted molar refractivity (Wildman–Crippen MR) is 75.7 cm³/mol. The monoisotopic (exact) mass is 288 g/mol. The van der Waals surface area contributed by atoms with Gasteiger partial charge in [0.2, 0.25) is 0 Å². The largest absolute Gasteiger partial charge is 0.372 e. The molecule has 0 heterocycles. The van der Waals surface area contributed by atoms with Crippen LogP contribution in [0.2, 0.25) is 0 Å². The van der Waals surface area contributed by atoms with Crippen LogP contribution >= 0.6 is 19.2 Å². The molecule has 18 heavy (non-hydrogen) atoms. The van der Waals surface area contributed by atoms with Crippen molar-refractivity contribution in [3.05, 3.63) is 40.7 Å². The zero-order valence-corrected chi connectivity index (χ0v) is 12.5. The van der Waals surface area contributed by atoms with Crippen LogP contribution in [0, 0.1) is 0 Å². The van der Waals surface area contributed by atoms with Crippen molar-refractivity contribution >= 4 is 24.8 Å². The maximum absolute atomic E-state index is 12.5. The Labute approximate surface area is 113 Å². The van der Waals surface area contributed by atoms with E-state index < -0.39 is 7.60 Å². The second kappa shape index (κ2) is 7.10. The van der Waals surface area contributed by atoms with E-state index in [0.29, 0.717) is 5.57 Å². The first kappa shape index (κ1) is 15.5. The summed E-state index contributed by atoms with van der Waals surface area (Å²) in [4.78, 5) is 0. The van der Waals surface area contributed by atoms with Gasteiger partial charge in [-0.2, -0.15) is 0 Å². The molecular formula is C13H18ClO3P. The summed E-state index contributed by atoms with van der Waals surface area (Å²) in [5, 5.41) is 0. The lowest BCUT2D eigenvalue weighted by Gasteiger charge is -2.18. The molecule has 0 N–H and O–H groups in total. The molecule has 0 radical (unpaired) electrons. The van der Waals surface area contributed by atoms with E-state index in [1.165, 1.54) is 0 Å². The van der Waals surface area contributed by atoms with E-state index in [1.54, 1.807) is 13.8 Å². The van der Waals surface area contributed by atoms with Crippen molar-refractivity contribution in [3.63, 3.8) is 0 Å². The zero-order valence-electron chi connectivity index (χ0n) is 10.9. The number of rotatable bonds is 6. The Kier molecular flexibility index (Phi) is 6.10. The molecule has 0 amide bonds. The number of allylic oxidation sites excluding steroid dienone is 1. The van der Waals surface area contributed by atoms with E-state index in [2.05, 4.69) is 0 Å². The van der Waals surface area contributed by atoms with Gasteiger partial charge >= 0.3 is 7.60 Å². The molecule has 0 spiro atoms. The average molecular weight is 289 g/mol. The van der Waals surface area contributed by atoms with Crippen molar-refractivity contribution in [2.75, 3.05) is 13.2 Å². The molecule has 0 aliphatic rings. The number of hydrogen-bond donors (Lipinski definition) is 0. The lowest BCUT2D eigenvalue weighted by molar-refractivity contribution is 0.228. The highest BCUT2D eigenvalue weighted by molar-refractivity contribution is 7.61. The van der Waals surface area contributed by atoms with Crippen LogP contribution in [0.4, 0.5) is 0 Å². The summed E-state index contributed by atoms with van der Waals surface area (Å²) >= 11 is 6.20. The van der Waals surface area contributed by atoms with Gasteiger partial charge in [-0.05, 0) is 31.9 Å². The minimum Gasteiger partial charge on any atom is -0.305 e. The summed E-state index contributed by atoms with van der Waals surface area (Å²) in [7, 11) is -3.39. The minimum atomic E-state index is -3.39. The highest BCUT2D eigenvalue weighted by atomic mass is 35.5. The fraction of sp³-hybridized carbons (Fsp3) is 0.385. The summed E-state index contributed by atoms with van der Waals surface area (Å²) in [6, 6.07) is 9.51. The van der Waals surface area contributed by atoms with Crippen LogP contribution in [0.15, 0.2) is 35.1 Å². The van der Waals surface area contributed by atoms with Crippen LogP contribution in [-0.2, 0) is 13.6 Å². The summed E-state index contributed by atoms with van der Waals surface area (Å²) in [5.74, 6) is 0. The highest BCUT2D eigenvalue weighted by Gasteiger charge is 2.30. The van der Waals surface area contributed by atoms with Crippen LogP contribution in [-0.4, -0.2) is 13.2 Å². The van der Waals surface area contributed by atoms with Gasteiger partial charge in [-0.15, -0.1) is 0 Å². The van der Waals surface area contributed by atoms with Crippen LogP contribution < -0.4 is 0 Å². The summed E-state index contributed by atoms with van der Waals surface area (Å²) in [6.45, 7) is 5.90. The lowest BCUT2D eigenvalue weighted by Crippen LogP contribution is -1.97. The first-order valence-corrected chi connectivity index (χ1v) is 7.78. The number of benzene rings is 1. The van der Waals surface area contributed by atoms with Crippen molar-refractivity contribution in [2.45, 2.75) is 20.8 Å². The molecule has 0 fully saturated rings. The van der Waals surface area contributed by atoms with Crippen LogP contribution in [0.5, 0.6) is 0 Å². The van der Waals surface area contributed by atoms with E-state index in [0.717, 1.165) is 5.56 Å². The van der Waals surface area contributed by atoms with Gasteiger partial charge in [0.25, 0.3) is 0 Å². The van der Waals surface area contributed by atoms with Gasteiger partial charge in [0.05, 0.1) is 13.2 Å². The molecule has 0 unspecified atom stereocenters. The smallest absolute Gasteiger partial charge is 0.305 e. The van der Waals surface area contributed by atoms with Gasteiger partial charge in [-0.1, -0.05) is 41.9 Å². The molecule has 0 saturated carbocycles. The molecule has 1 rings (SSSR count). The minimum absolute atomic E-state index is 0.150. The highest BCUT2D eigenvalue weighted by Crippen LogP contribution is 2.59. The second-order valence-electron chi connectivity index (χ2n) is 3.61.